The van der Waals surface area contributed by atoms with Crippen LogP contribution < -0.4 is 10.1 Å². The van der Waals surface area contributed by atoms with Crippen LogP contribution >= 0.6 is 0 Å². The largest absolute Gasteiger partial charge is 0.496 e. The zero-order valence-electron chi connectivity index (χ0n) is 17.7. The van der Waals surface area contributed by atoms with E-state index in [0.717, 1.165) is 42.6 Å². The van der Waals surface area contributed by atoms with E-state index < -0.39 is 12.1 Å². The summed E-state index contributed by atoms with van der Waals surface area (Å²) in [5.41, 5.74) is 2.42. The van der Waals surface area contributed by atoms with Crippen LogP contribution in [0, 0.1) is 11.8 Å². The van der Waals surface area contributed by atoms with Gasteiger partial charge in [-0.1, -0.05) is 36.4 Å². The molecule has 0 bridgehead atoms. The lowest BCUT2D eigenvalue weighted by Gasteiger charge is -2.27. The van der Waals surface area contributed by atoms with Gasteiger partial charge in [0.15, 0.2) is 0 Å². The lowest BCUT2D eigenvalue weighted by atomic mass is 9.83. The van der Waals surface area contributed by atoms with Crippen LogP contribution in [0.4, 0.5) is 10.5 Å². The van der Waals surface area contributed by atoms with Crippen molar-refractivity contribution in [1.29, 1.82) is 0 Å². The summed E-state index contributed by atoms with van der Waals surface area (Å²) >= 11 is 0. The first-order valence-electron chi connectivity index (χ1n) is 10.5. The van der Waals surface area contributed by atoms with Crippen LogP contribution in [0.1, 0.15) is 25.7 Å². The molecule has 1 fully saturated rings. The number of amides is 1. The minimum atomic E-state index is -0.944. The van der Waals surface area contributed by atoms with E-state index in [1.807, 2.05) is 48.5 Å². The molecule has 2 N–H and O–H groups in total. The first-order valence-corrected chi connectivity index (χ1v) is 10.5. The zero-order valence-corrected chi connectivity index (χ0v) is 17.7. The number of aliphatic carboxylic acids is 1. The molecule has 0 aromatic heterocycles. The van der Waals surface area contributed by atoms with Crippen LogP contribution in [0.2, 0.25) is 0 Å². The Morgan fingerprint density at radius 3 is 2.23 bits per heavy atom. The van der Waals surface area contributed by atoms with Gasteiger partial charge in [-0.15, -0.1) is 0 Å². The number of carbonyl (C=O) groups is 2. The lowest BCUT2D eigenvalue weighted by Crippen LogP contribution is -2.25. The summed E-state index contributed by atoms with van der Waals surface area (Å²) in [5.74, 6) is 0.470. The fourth-order valence-electron chi connectivity index (χ4n) is 3.91. The number of methoxy groups -OCH3 is 1. The molecule has 31 heavy (non-hydrogen) atoms. The summed E-state index contributed by atoms with van der Waals surface area (Å²) in [6.07, 6.45) is 3.30. The molecular formula is C24H29NO6. The van der Waals surface area contributed by atoms with Gasteiger partial charge < -0.3 is 19.3 Å². The molecule has 0 aliphatic heterocycles. The molecule has 2 aromatic rings. The van der Waals surface area contributed by atoms with E-state index in [-0.39, 0.29) is 6.61 Å². The van der Waals surface area contributed by atoms with Gasteiger partial charge in [0.25, 0.3) is 0 Å². The molecular weight excluding hydrogens is 398 g/mol. The van der Waals surface area contributed by atoms with E-state index >= 15 is 0 Å². The Bertz CT molecular complexity index is 876. The molecule has 1 aliphatic carbocycles. The molecule has 1 aliphatic rings. The highest BCUT2D eigenvalue weighted by molar-refractivity contribution is 5.92. The van der Waals surface area contributed by atoms with Crippen LogP contribution in [0.5, 0.6) is 5.75 Å². The van der Waals surface area contributed by atoms with Gasteiger partial charge in [0, 0.05) is 11.1 Å². The third kappa shape index (κ3) is 6.72. The number of hydrogen-bond donors (Lipinski definition) is 2. The second-order valence-electron chi connectivity index (χ2n) is 7.76. The minimum Gasteiger partial charge on any atom is -0.496 e. The maximum Gasteiger partial charge on any atom is 0.411 e. The molecule has 7 nitrogen and oxygen atoms in total. The molecule has 0 unspecified atom stereocenters. The summed E-state index contributed by atoms with van der Waals surface area (Å²) < 4.78 is 16.1. The quantitative estimate of drug-likeness (QED) is 0.596. The van der Waals surface area contributed by atoms with Crippen molar-refractivity contribution in [1.82, 2.24) is 0 Å². The maximum absolute atomic E-state index is 12.4. The summed E-state index contributed by atoms with van der Waals surface area (Å²) in [4.78, 5) is 22.9. The molecule has 0 spiro atoms. The second kappa shape index (κ2) is 11.4. The van der Waals surface area contributed by atoms with Gasteiger partial charge in [-0.3, -0.25) is 5.32 Å². The van der Waals surface area contributed by atoms with Gasteiger partial charge >= 0.3 is 12.1 Å². The summed E-state index contributed by atoms with van der Waals surface area (Å²) in [6, 6.07) is 15.2. The van der Waals surface area contributed by atoms with Gasteiger partial charge in [0.2, 0.25) is 0 Å². The van der Waals surface area contributed by atoms with Crippen LogP contribution in [0.25, 0.3) is 11.1 Å². The molecule has 0 atom stereocenters. The number of para-hydroxylation sites is 2. The van der Waals surface area contributed by atoms with Crippen LogP contribution in [0.3, 0.4) is 0 Å². The molecule has 0 saturated heterocycles. The topological polar surface area (TPSA) is 94.1 Å². The Balaban J connectivity index is 1.49. The number of carboxylic acid groups (broad SMARTS) is 1. The SMILES string of the molecule is COc1ccccc1-c1ccccc1NC(=O)OC[C@H]1CC[C@H](COCC(=O)O)CC1. The molecule has 0 heterocycles. The second-order valence-corrected chi connectivity index (χ2v) is 7.76. The van der Waals surface area contributed by atoms with E-state index in [0.29, 0.717) is 30.7 Å². The fourth-order valence-corrected chi connectivity index (χ4v) is 3.91. The van der Waals surface area contributed by atoms with E-state index in [2.05, 4.69) is 5.32 Å². The van der Waals surface area contributed by atoms with Gasteiger partial charge in [-0.2, -0.15) is 0 Å². The predicted octanol–water partition coefficient (Wildman–Crippen LogP) is 4.82. The van der Waals surface area contributed by atoms with Gasteiger partial charge in [-0.05, 0) is 49.7 Å². The Morgan fingerprint density at radius 2 is 1.55 bits per heavy atom. The fraction of sp³-hybridized carbons (Fsp3) is 0.417. The zero-order chi connectivity index (χ0) is 22.1. The molecule has 7 heteroatoms. The monoisotopic (exact) mass is 427 g/mol. The van der Waals surface area contributed by atoms with Crippen LogP contribution in [0.15, 0.2) is 48.5 Å². The normalized spacial score (nSPS) is 18.2. The predicted molar refractivity (Wildman–Crippen MR) is 117 cm³/mol. The number of ether oxygens (including phenoxy) is 3. The average molecular weight is 427 g/mol. The van der Waals surface area contributed by atoms with E-state index in [9.17, 15) is 9.59 Å². The Labute approximate surface area is 182 Å². The first-order chi connectivity index (χ1) is 15.1. The van der Waals surface area contributed by atoms with Crippen molar-refractivity contribution >= 4 is 17.7 Å². The molecule has 1 saturated carbocycles. The van der Waals surface area contributed by atoms with Gasteiger partial charge in [-0.25, -0.2) is 9.59 Å². The lowest BCUT2D eigenvalue weighted by molar-refractivity contribution is -0.142. The van der Waals surface area contributed by atoms with Crippen molar-refractivity contribution < 1.29 is 28.9 Å². The summed E-state index contributed by atoms with van der Waals surface area (Å²) in [5, 5.41) is 11.5. The van der Waals surface area contributed by atoms with Crippen molar-refractivity contribution in [3.8, 4) is 16.9 Å². The highest BCUT2D eigenvalue weighted by Crippen LogP contribution is 2.35. The number of nitrogens with one attached hydrogen (secondary N) is 1. The van der Waals surface area contributed by atoms with Crippen molar-refractivity contribution in [2.45, 2.75) is 25.7 Å². The molecule has 3 rings (SSSR count). The number of carboxylic acids is 1. The van der Waals surface area contributed by atoms with Crippen LogP contribution in [-0.2, 0) is 14.3 Å². The maximum atomic E-state index is 12.4. The average Bonchev–Trinajstić information content (AvgIpc) is 2.79. The summed E-state index contributed by atoms with van der Waals surface area (Å²) in [6.45, 7) is 0.588. The highest BCUT2D eigenvalue weighted by atomic mass is 16.5. The number of rotatable bonds is 9. The first kappa shape index (κ1) is 22.6. The Kier molecular flexibility index (Phi) is 8.29. The number of hydrogen-bond acceptors (Lipinski definition) is 5. The summed E-state index contributed by atoms with van der Waals surface area (Å²) in [7, 11) is 1.62. The smallest absolute Gasteiger partial charge is 0.411 e. The number of carbonyl (C=O) groups excluding carboxylic acids is 1. The Morgan fingerprint density at radius 1 is 0.935 bits per heavy atom. The van der Waals surface area contributed by atoms with Crippen molar-refractivity contribution in [3.05, 3.63) is 48.5 Å². The van der Waals surface area contributed by atoms with E-state index in [1.165, 1.54) is 0 Å². The highest BCUT2D eigenvalue weighted by Gasteiger charge is 2.23. The minimum absolute atomic E-state index is 0.250. The van der Waals surface area contributed by atoms with Crippen molar-refractivity contribution in [3.63, 3.8) is 0 Å². The molecule has 166 valence electrons. The third-order valence-corrected chi connectivity index (χ3v) is 5.56. The number of benzene rings is 2. The van der Waals surface area contributed by atoms with Gasteiger partial charge in [0.05, 0.1) is 26.0 Å². The van der Waals surface area contributed by atoms with E-state index in [1.54, 1.807) is 7.11 Å². The third-order valence-electron chi connectivity index (χ3n) is 5.56. The standard InChI is InChI=1S/C24H29NO6/c1-29-22-9-5-3-7-20(22)19-6-2-4-8-21(19)25-24(28)31-15-18-12-10-17(11-13-18)14-30-16-23(26)27/h2-9,17-18H,10-16H2,1H3,(H,25,28)(H,26,27)/t17-,18-. The number of anilines is 1. The van der Waals surface area contributed by atoms with E-state index in [4.69, 9.17) is 19.3 Å². The van der Waals surface area contributed by atoms with Gasteiger partial charge in [0.1, 0.15) is 12.4 Å². The molecule has 2 aromatic carbocycles. The van der Waals surface area contributed by atoms with Crippen molar-refractivity contribution in [2.24, 2.45) is 11.8 Å². The molecule has 0 radical (unpaired) electrons. The Hall–Kier alpha value is -3.06. The van der Waals surface area contributed by atoms with Crippen LogP contribution in [-0.4, -0.2) is 44.1 Å². The molecule has 1 amide bonds. The van der Waals surface area contributed by atoms with Crippen molar-refractivity contribution in [2.75, 3.05) is 32.2 Å².